The lowest BCUT2D eigenvalue weighted by Gasteiger charge is -2.35. The first-order chi connectivity index (χ1) is 14.6. The van der Waals surface area contributed by atoms with Crippen LogP contribution in [0.3, 0.4) is 0 Å². The molecule has 1 aromatic carbocycles. The molecular weight excluding hydrogens is 418 g/mol. The molecule has 1 N–H and O–H groups in total. The molecule has 2 aromatic heterocycles. The largest absolute Gasteiger partial charge is 0.355 e. The molecule has 1 unspecified atom stereocenters. The number of hydrogen-bond acceptors (Lipinski definition) is 6. The second-order valence-electron chi connectivity index (χ2n) is 7.93. The van der Waals surface area contributed by atoms with Crippen molar-refractivity contribution in [3.8, 4) is 10.6 Å². The molecule has 2 aliphatic rings. The van der Waals surface area contributed by atoms with Gasteiger partial charge in [0.25, 0.3) is 0 Å². The first-order valence-electron chi connectivity index (χ1n) is 10.5. The van der Waals surface area contributed by atoms with Crippen molar-refractivity contribution in [2.45, 2.75) is 42.4 Å². The molecule has 0 radical (unpaired) electrons. The summed E-state index contributed by atoms with van der Waals surface area (Å²) in [5, 5.41) is 3.67. The zero-order chi connectivity index (χ0) is 20.6. The maximum Gasteiger partial charge on any atom is 0.250 e. The Bertz CT molecular complexity index is 1120. The Balaban J connectivity index is 1.11. The zero-order valence-corrected chi connectivity index (χ0v) is 18.3. The van der Waals surface area contributed by atoms with E-state index in [1.54, 1.807) is 30.0 Å². The Morgan fingerprint density at radius 2 is 2.00 bits per heavy atom. The van der Waals surface area contributed by atoms with Crippen LogP contribution in [0.5, 0.6) is 0 Å². The molecule has 0 saturated carbocycles. The van der Waals surface area contributed by atoms with E-state index in [0.717, 1.165) is 37.2 Å². The third-order valence-electron chi connectivity index (χ3n) is 6.11. The smallest absolute Gasteiger partial charge is 0.250 e. The van der Waals surface area contributed by atoms with Crippen LogP contribution in [0.2, 0.25) is 0 Å². The van der Waals surface area contributed by atoms with Crippen molar-refractivity contribution in [2.24, 2.45) is 0 Å². The molecule has 1 aliphatic carbocycles. The van der Waals surface area contributed by atoms with Gasteiger partial charge in [-0.3, -0.25) is 4.90 Å². The minimum absolute atomic E-state index is 0.306. The van der Waals surface area contributed by atoms with E-state index in [0.29, 0.717) is 22.6 Å². The highest BCUT2D eigenvalue weighted by Gasteiger charge is 2.32. The average molecular weight is 444 g/mol. The van der Waals surface area contributed by atoms with E-state index in [1.165, 1.54) is 35.3 Å². The highest BCUT2D eigenvalue weighted by atomic mass is 32.2. The minimum Gasteiger partial charge on any atom is -0.355 e. The lowest BCUT2D eigenvalue weighted by Crippen LogP contribution is -2.35. The summed E-state index contributed by atoms with van der Waals surface area (Å²) in [6.07, 6.45) is 6.89. The number of aryl methyl sites for hydroxylation is 1. The number of sulfonamides is 1. The van der Waals surface area contributed by atoms with Gasteiger partial charge < -0.3 is 4.52 Å². The topological polar surface area (TPSA) is 75.4 Å². The van der Waals surface area contributed by atoms with Crippen molar-refractivity contribution in [1.29, 1.82) is 0 Å². The summed E-state index contributed by atoms with van der Waals surface area (Å²) >= 11 is 1.19. The van der Waals surface area contributed by atoms with E-state index in [-0.39, 0.29) is 0 Å². The van der Waals surface area contributed by atoms with Crippen LogP contribution < -0.4 is 4.72 Å². The van der Waals surface area contributed by atoms with Gasteiger partial charge in [-0.1, -0.05) is 23.4 Å². The first-order valence-corrected chi connectivity index (χ1v) is 12.8. The maximum absolute atomic E-state index is 12.6. The summed E-state index contributed by atoms with van der Waals surface area (Å²) in [6, 6.07) is 12.4. The molecule has 3 heterocycles. The van der Waals surface area contributed by atoms with Gasteiger partial charge >= 0.3 is 0 Å². The Morgan fingerprint density at radius 1 is 1.13 bits per heavy atom. The van der Waals surface area contributed by atoms with Gasteiger partial charge in [-0.25, -0.2) is 13.1 Å². The molecule has 0 amide bonds. The standard InChI is InChI=1S/C22H25N3O3S2/c26-30(27,21-9-8-20(29-21)19-10-13-23-28-19)24-12-1-2-14-25-15-11-17-5-3-4-16-6-7-18(25)22(16)17/h3-5,8-10,13,18,24H,1-2,6-7,11-12,14-15H2. The first kappa shape index (κ1) is 19.9. The van der Waals surface area contributed by atoms with E-state index < -0.39 is 10.0 Å². The minimum atomic E-state index is -3.49. The predicted octanol–water partition coefficient (Wildman–Crippen LogP) is 4.01. The van der Waals surface area contributed by atoms with Crippen LogP contribution in [-0.2, 0) is 22.9 Å². The Labute approximate surface area is 180 Å². The Hall–Kier alpha value is -2.00. The third kappa shape index (κ3) is 3.85. The molecule has 0 fully saturated rings. The van der Waals surface area contributed by atoms with Crippen LogP contribution in [0, 0.1) is 0 Å². The Morgan fingerprint density at radius 3 is 2.83 bits per heavy atom. The third-order valence-corrected chi connectivity index (χ3v) is 9.16. The molecular formula is C22H25N3O3S2. The predicted molar refractivity (Wildman–Crippen MR) is 117 cm³/mol. The zero-order valence-electron chi connectivity index (χ0n) is 16.7. The summed E-state index contributed by atoms with van der Waals surface area (Å²) < 4.78 is 33.3. The molecule has 8 heteroatoms. The second-order valence-corrected chi connectivity index (χ2v) is 11.0. The van der Waals surface area contributed by atoms with Crippen molar-refractivity contribution in [3.05, 3.63) is 59.3 Å². The summed E-state index contributed by atoms with van der Waals surface area (Å²) in [7, 11) is -3.49. The van der Waals surface area contributed by atoms with Crippen molar-refractivity contribution in [2.75, 3.05) is 19.6 Å². The quantitative estimate of drug-likeness (QED) is 0.533. The van der Waals surface area contributed by atoms with E-state index in [9.17, 15) is 8.42 Å². The Kier molecular flexibility index (Phi) is 5.49. The summed E-state index contributed by atoms with van der Waals surface area (Å²) in [4.78, 5) is 3.35. The number of benzene rings is 1. The monoisotopic (exact) mass is 443 g/mol. The fourth-order valence-electron chi connectivity index (χ4n) is 4.68. The highest BCUT2D eigenvalue weighted by molar-refractivity contribution is 7.91. The highest BCUT2D eigenvalue weighted by Crippen LogP contribution is 2.41. The van der Waals surface area contributed by atoms with E-state index >= 15 is 0 Å². The lowest BCUT2D eigenvalue weighted by molar-refractivity contribution is 0.182. The number of thiophene rings is 1. The SMILES string of the molecule is O=S(=O)(NCCCCN1CCc2cccc3c2C1CC3)c1ccc(-c2ccno2)s1. The van der Waals surface area contributed by atoms with Crippen LogP contribution in [0.4, 0.5) is 0 Å². The van der Waals surface area contributed by atoms with Crippen molar-refractivity contribution in [1.82, 2.24) is 14.8 Å². The normalized spacial score (nSPS) is 18.6. The fraction of sp³-hybridized carbons (Fsp3) is 0.409. The molecule has 1 aliphatic heterocycles. The molecule has 6 nitrogen and oxygen atoms in total. The number of nitrogens with zero attached hydrogens (tertiary/aromatic N) is 2. The lowest BCUT2D eigenvalue weighted by atomic mass is 9.93. The molecule has 5 rings (SSSR count). The molecule has 0 spiro atoms. The van der Waals surface area contributed by atoms with Crippen molar-refractivity contribution < 1.29 is 12.9 Å². The molecule has 3 aromatic rings. The molecule has 158 valence electrons. The van der Waals surface area contributed by atoms with Gasteiger partial charge in [-0.15, -0.1) is 11.3 Å². The summed E-state index contributed by atoms with van der Waals surface area (Å²) in [5.74, 6) is 0.583. The van der Waals surface area contributed by atoms with E-state index in [1.807, 2.05) is 0 Å². The van der Waals surface area contributed by atoms with Gasteiger partial charge in [0.2, 0.25) is 10.0 Å². The van der Waals surface area contributed by atoms with Crippen LogP contribution in [-0.4, -0.2) is 38.1 Å². The second kappa shape index (κ2) is 8.26. The van der Waals surface area contributed by atoms with E-state index in [4.69, 9.17) is 4.52 Å². The van der Waals surface area contributed by atoms with Crippen LogP contribution in [0.1, 0.15) is 42.0 Å². The average Bonchev–Trinajstić information content (AvgIpc) is 3.50. The van der Waals surface area contributed by atoms with Crippen molar-refractivity contribution >= 4 is 21.4 Å². The van der Waals surface area contributed by atoms with Gasteiger partial charge in [-0.2, -0.15) is 0 Å². The van der Waals surface area contributed by atoms with Crippen LogP contribution in [0.15, 0.2) is 51.3 Å². The fourth-order valence-corrected chi connectivity index (χ4v) is 7.06. The number of unbranched alkanes of at least 4 members (excludes halogenated alkanes) is 1. The summed E-state index contributed by atoms with van der Waals surface area (Å²) in [6.45, 7) is 2.58. The number of aromatic nitrogens is 1. The van der Waals surface area contributed by atoms with Gasteiger partial charge in [0.15, 0.2) is 5.76 Å². The van der Waals surface area contributed by atoms with Gasteiger partial charge in [0.05, 0.1) is 11.1 Å². The van der Waals surface area contributed by atoms with Gasteiger partial charge in [0.1, 0.15) is 4.21 Å². The number of rotatable bonds is 8. The number of nitrogens with one attached hydrogen (secondary N) is 1. The van der Waals surface area contributed by atoms with E-state index in [2.05, 4.69) is 33.0 Å². The molecule has 1 atom stereocenters. The van der Waals surface area contributed by atoms with Crippen LogP contribution in [0.25, 0.3) is 10.6 Å². The molecule has 0 bridgehead atoms. The van der Waals surface area contributed by atoms with Crippen molar-refractivity contribution in [3.63, 3.8) is 0 Å². The van der Waals surface area contributed by atoms with Crippen LogP contribution >= 0.6 is 11.3 Å². The number of hydrogen-bond donors (Lipinski definition) is 1. The maximum atomic E-state index is 12.6. The summed E-state index contributed by atoms with van der Waals surface area (Å²) in [5.41, 5.74) is 4.62. The molecule has 0 saturated heterocycles. The van der Waals surface area contributed by atoms with Gasteiger partial charge in [-0.05, 0) is 67.5 Å². The van der Waals surface area contributed by atoms with Gasteiger partial charge in [0, 0.05) is 25.2 Å². The molecule has 30 heavy (non-hydrogen) atoms.